The normalized spacial score (nSPS) is 27.9. The molecule has 0 radical (unpaired) electrons. The van der Waals surface area contributed by atoms with Crippen LogP contribution in [0.1, 0.15) is 46.5 Å². The first-order chi connectivity index (χ1) is 6.56. The van der Waals surface area contributed by atoms with E-state index >= 15 is 0 Å². The van der Waals surface area contributed by atoms with Crippen molar-refractivity contribution in [3.63, 3.8) is 0 Å². The van der Waals surface area contributed by atoms with Crippen molar-refractivity contribution in [2.45, 2.75) is 52.6 Å². The molecule has 0 amide bonds. The van der Waals surface area contributed by atoms with Gasteiger partial charge in [0.15, 0.2) is 0 Å². The minimum atomic E-state index is -0.141. The maximum Gasteiger partial charge on any atom is 0.0718 e. The summed E-state index contributed by atoms with van der Waals surface area (Å²) in [5.74, 6) is 0. The number of nitrogens with zero attached hydrogens (tertiary/aromatic N) is 1. The van der Waals surface area contributed by atoms with Crippen LogP contribution in [0, 0.1) is 5.41 Å². The van der Waals surface area contributed by atoms with Crippen molar-refractivity contribution in [2.24, 2.45) is 5.41 Å². The Morgan fingerprint density at radius 3 is 2.64 bits per heavy atom. The molecule has 1 aliphatic heterocycles. The molecule has 0 aromatic carbocycles. The van der Waals surface area contributed by atoms with Crippen molar-refractivity contribution in [3.8, 4) is 0 Å². The van der Waals surface area contributed by atoms with Crippen LogP contribution in [-0.2, 0) is 0 Å². The van der Waals surface area contributed by atoms with Gasteiger partial charge in [-0.05, 0) is 31.3 Å². The van der Waals surface area contributed by atoms with Gasteiger partial charge in [-0.25, -0.2) is 0 Å². The van der Waals surface area contributed by atoms with Gasteiger partial charge in [0, 0.05) is 6.54 Å². The van der Waals surface area contributed by atoms with Crippen molar-refractivity contribution in [3.05, 3.63) is 0 Å². The van der Waals surface area contributed by atoms with E-state index in [0.29, 0.717) is 0 Å². The van der Waals surface area contributed by atoms with Gasteiger partial charge in [0.1, 0.15) is 0 Å². The predicted molar refractivity (Wildman–Crippen MR) is 60.4 cm³/mol. The van der Waals surface area contributed by atoms with E-state index in [1.54, 1.807) is 0 Å². The van der Waals surface area contributed by atoms with E-state index in [1.165, 1.54) is 25.8 Å². The van der Waals surface area contributed by atoms with Crippen LogP contribution >= 0.6 is 0 Å². The SMILES string of the molecule is CCCCCN1CCC(C)(C)C(O)C1. The van der Waals surface area contributed by atoms with Crippen LogP contribution in [0.3, 0.4) is 0 Å². The Balaban J connectivity index is 2.25. The predicted octanol–water partition coefficient (Wildman–Crippen LogP) is 2.27. The van der Waals surface area contributed by atoms with Crippen LogP contribution in [0.4, 0.5) is 0 Å². The molecule has 1 heterocycles. The quantitative estimate of drug-likeness (QED) is 0.702. The van der Waals surface area contributed by atoms with Gasteiger partial charge in [-0.3, -0.25) is 0 Å². The molecule has 1 N–H and O–H groups in total. The molecule has 2 nitrogen and oxygen atoms in total. The first kappa shape index (κ1) is 12.0. The van der Waals surface area contributed by atoms with E-state index in [2.05, 4.69) is 25.7 Å². The summed E-state index contributed by atoms with van der Waals surface area (Å²) in [6.07, 6.45) is 4.86. The zero-order valence-corrected chi connectivity index (χ0v) is 9.92. The summed E-state index contributed by atoms with van der Waals surface area (Å²) in [4.78, 5) is 2.41. The van der Waals surface area contributed by atoms with Gasteiger partial charge >= 0.3 is 0 Å². The molecular weight excluding hydrogens is 174 g/mol. The van der Waals surface area contributed by atoms with Crippen LogP contribution in [0.25, 0.3) is 0 Å². The van der Waals surface area contributed by atoms with Crippen molar-refractivity contribution < 1.29 is 5.11 Å². The fraction of sp³-hybridized carbons (Fsp3) is 1.00. The number of aliphatic hydroxyl groups excluding tert-OH is 1. The number of likely N-dealkylation sites (tertiary alicyclic amines) is 1. The van der Waals surface area contributed by atoms with Gasteiger partial charge in [-0.15, -0.1) is 0 Å². The highest BCUT2D eigenvalue weighted by molar-refractivity contribution is 4.86. The standard InChI is InChI=1S/C12H25NO/c1-4-5-6-8-13-9-7-12(2,3)11(14)10-13/h11,14H,4-10H2,1-3H3. The number of hydrogen-bond donors (Lipinski definition) is 1. The maximum atomic E-state index is 9.92. The maximum absolute atomic E-state index is 9.92. The monoisotopic (exact) mass is 199 g/mol. The lowest BCUT2D eigenvalue weighted by Crippen LogP contribution is -2.48. The van der Waals surface area contributed by atoms with Crippen LogP contribution in [-0.4, -0.2) is 35.7 Å². The van der Waals surface area contributed by atoms with E-state index in [1.807, 2.05) is 0 Å². The zero-order chi connectivity index (χ0) is 10.6. The molecule has 1 rings (SSSR count). The van der Waals surface area contributed by atoms with Gasteiger partial charge in [-0.1, -0.05) is 33.6 Å². The molecule has 14 heavy (non-hydrogen) atoms. The molecule has 1 saturated heterocycles. The molecule has 0 aromatic heterocycles. The van der Waals surface area contributed by atoms with Gasteiger partial charge in [0.05, 0.1) is 6.10 Å². The number of rotatable bonds is 4. The zero-order valence-electron chi connectivity index (χ0n) is 9.92. The molecule has 0 saturated carbocycles. The average molecular weight is 199 g/mol. The van der Waals surface area contributed by atoms with Crippen LogP contribution in [0.15, 0.2) is 0 Å². The van der Waals surface area contributed by atoms with Crippen LogP contribution in [0.5, 0.6) is 0 Å². The van der Waals surface area contributed by atoms with Crippen molar-refractivity contribution in [2.75, 3.05) is 19.6 Å². The van der Waals surface area contributed by atoms with Crippen LogP contribution < -0.4 is 0 Å². The summed E-state index contributed by atoms with van der Waals surface area (Å²) < 4.78 is 0. The Morgan fingerprint density at radius 1 is 1.36 bits per heavy atom. The second kappa shape index (κ2) is 5.13. The number of β-amino-alcohol motifs (C(OH)–C–C–N with tert-alkyl or cyclic N) is 1. The fourth-order valence-electron chi connectivity index (χ4n) is 1.98. The van der Waals surface area contributed by atoms with Gasteiger partial charge in [0.2, 0.25) is 0 Å². The Hall–Kier alpha value is -0.0800. The van der Waals surface area contributed by atoms with E-state index in [9.17, 15) is 5.11 Å². The molecule has 1 atom stereocenters. The summed E-state index contributed by atoms with van der Waals surface area (Å²) in [7, 11) is 0. The van der Waals surface area contributed by atoms with Gasteiger partial charge in [0.25, 0.3) is 0 Å². The van der Waals surface area contributed by atoms with E-state index in [4.69, 9.17) is 0 Å². The number of piperidine rings is 1. The average Bonchev–Trinajstić information content (AvgIpc) is 2.12. The van der Waals surface area contributed by atoms with E-state index < -0.39 is 0 Å². The smallest absolute Gasteiger partial charge is 0.0718 e. The Bertz CT molecular complexity index is 168. The van der Waals surface area contributed by atoms with Crippen molar-refractivity contribution in [1.29, 1.82) is 0 Å². The fourth-order valence-corrected chi connectivity index (χ4v) is 1.98. The number of unbranched alkanes of at least 4 members (excludes halogenated alkanes) is 2. The Morgan fingerprint density at radius 2 is 2.07 bits per heavy atom. The topological polar surface area (TPSA) is 23.5 Å². The second-order valence-corrected chi connectivity index (χ2v) is 5.26. The molecule has 1 fully saturated rings. The molecule has 1 unspecified atom stereocenters. The van der Waals surface area contributed by atoms with E-state index in [-0.39, 0.29) is 11.5 Å². The summed E-state index contributed by atoms with van der Waals surface area (Å²) in [5.41, 5.74) is 0.126. The van der Waals surface area contributed by atoms with Crippen molar-refractivity contribution in [1.82, 2.24) is 4.90 Å². The van der Waals surface area contributed by atoms with Crippen molar-refractivity contribution >= 4 is 0 Å². The highest BCUT2D eigenvalue weighted by atomic mass is 16.3. The Kier molecular flexibility index (Phi) is 4.39. The number of hydrogen-bond acceptors (Lipinski definition) is 2. The largest absolute Gasteiger partial charge is 0.391 e. The van der Waals surface area contributed by atoms with Gasteiger partial charge in [-0.2, -0.15) is 0 Å². The molecule has 0 spiro atoms. The first-order valence-electron chi connectivity index (χ1n) is 5.96. The molecule has 0 aliphatic carbocycles. The van der Waals surface area contributed by atoms with Crippen LogP contribution in [0.2, 0.25) is 0 Å². The Labute approximate surface area is 88.3 Å². The minimum Gasteiger partial charge on any atom is -0.391 e. The highest BCUT2D eigenvalue weighted by Gasteiger charge is 2.33. The number of aliphatic hydroxyl groups is 1. The molecule has 1 aliphatic rings. The highest BCUT2D eigenvalue weighted by Crippen LogP contribution is 2.30. The third kappa shape index (κ3) is 3.25. The molecule has 0 bridgehead atoms. The third-order valence-electron chi connectivity index (χ3n) is 3.48. The second-order valence-electron chi connectivity index (χ2n) is 5.26. The summed E-state index contributed by atoms with van der Waals surface area (Å²) >= 11 is 0. The minimum absolute atomic E-state index is 0.126. The summed E-state index contributed by atoms with van der Waals surface area (Å²) in [6.45, 7) is 9.77. The molecule has 2 heteroatoms. The molecule has 84 valence electrons. The summed E-state index contributed by atoms with van der Waals surface area (Å²) in [5, 5.41) is 9.92. The van der Waals surface area contributed by atoms with Gasteiger partial charge < -0.3 is 10.0 Å². The summed E-state index contributed by atoms with van der Waals surface area (Å²) in [6, 6.07) is 0. The lowest BCUT2D eigenvalue weighted by atomic mass is 9.80. The molecule has 0 aromatic rings. The third-order valence-corrected chi connectivity index (χ3v) is 3.48. The van der Waals surface area contributed by atoms with E-state index in [0.717, 1.165) is 19.5 Å². The lowest BCUT2D eigenvalue weighted by Gasteiger charge is -2.41. The first-order valence-corrected chi connectivity index (χ1v) is 5.96. The molecular formula is C12H25NO. The lowest BCUT2D eigenvalue weighted by molar-refractivity contribution is -0.0254.